The van der Waals surface area contributed by atoms with Crippen LogP contribution >= 0.6 is 11.3 Å². The maximum Gasteiger partial charge on any atom is 0.127 e. The number of hydrogen-bond acceptors (Lipinski definition) is 5. The van der Waals surface area contributed by atoms with Gasteiger partial charge in [0.05, 0.1) is 24.8 Å². The van der Waals surface area contributed by atoms with E-state index in [1.165, 1.54) is 0 Å². The van der Waals surface area contributed by atoms with E-state index in [0.29, 0.717) is 0 Å². The van der Waals surface area contributed by atoms with E-state index in [0.717, 1.165) is 41.5 Å². The SMILES string of the molecule is CCCNC(Cc1nccs1)c1c(OC)cccc1OC. The third-order valence-electron chi connectivity index (χ3n) is 3.32. The van der Waals surface area contributed by atoms with Gasteiger partial charge in [0.15, 0.2) is 0 Å². The number of thiazole rings is 1. The minimum absolute atomic E-state index is 0.127. The molecule has 1 atom stereocenters. The van der Waals surface area contributed by atoms with Crippen LogP contribution in [0.3, 0.4) is 0 Å². The molecule has 21 heavy (non-hydrogen) atoms. The first-order valence-electron chi connectivity index (χ1n) is 7.12. The lowest BCUT2D eigenvalue weighted by atomic mass is 10.0. The zero-order valence-corrected chi connectivity index (χ0v) is 13.6. The Labute approximate surface area is 130 Å². The largest absolute Gasteiger partial charge is 0.496 e. The van der Waals surface area contributed by atoms with Crippen molar-refractivity contribution in [2.45, 2.75) is 25.8 Å². The molecule has 0 fully saturated rings. The molecule has 5 heteroatoms. The first-order chi connectivity index (χ1) is 10.3. The van der Waals surface area contributed by atoms with Crippen molar-refractivity contribution in [3.8, 4) is 11.5 Å². The monoisotopic (exact) mass is 306 g/mol. The summed E-state index contributed by atoms with van der Waals surface area (Å²) in [5.41, 5.74) is 1.06. The fraction of sp³-hybridized carbons (Fsp3) is 0.438. The summed E-state index contributed by atoms with van der Waals surface area (Å²) in [7, 11) is 3.39. The van der Waals surface area contributed by atoms with Crippen LogP contribution in [0, 0.1) is 0 Å². The maximum atomic E-state index is 5.53. The van der Waals surface area contributed by atoms with E-state index in [1.54, 1.807) is 25.6 Å². The first kappa shape index (κ1) is 15.8. The standard InChI is InChI=1S/C16H22N2O2S/c1-4-8-17-12(11-15-18-9-10-21-15)16-13(19-2)6-5-7-14(16)20-3/h5-7,9-10,12,17H,4,8,11H2,1-3H3. The van der Waals surface area contributed by atoms with Crippen molar-refractivity contribution in [3.05, 3.63) is 40.3 Å². The summed E-state index contributed by atoms with van der Waals surface area (Å²) in [5.74, 6) is 1.69. The van der Waals surface area contributed by atoms with Crippen LogP contribution < -0.4 is 14.8 Å². The van der Waals surface area contributed by atoms with E-state index in [1.807, 2.05) is 29.8 Å². The third-order valence-corrected chi connectivity index (χ3v) is 4.12. The highest BCUT2D eigenvalue weighted by Crippen LogP contribution is 2.35. The predicted octanol–water partition coefficient (Wildman–Crippen LogP) is 3.44. The van der Waals surface area contributed by atoms with Crippen LogP contribution in [0.4, 0.5) is 0 Å². The molecular formula is C16H22N2O2S. The van der Waals surface area contributed by atoms with E-state index in [2.05, 4.69) is 17.2 Å². The van der Waals surface area contributed by atoms with Gasteiger partial charge in [-0.2, -0.15) is 0 Å². The second-order valence-corrected chi connectivity index (χ2v) is 5.69. The second-order valence-electron chi connectivity index (χ2n) is 4.71. The molecule has 2 aromatic rings. The normalized spacial score (nSPS) is 12.1. The van der Waals surface area contributed by atoms with Crippen LogP contribution in [0.15, 0.2) is 29.8 Å². The van der Waals surface area contributed by atoms with Crippen molar-refractivity contribution in [1.29, 1.82) is 0 Å². The minimum Gasteiger partial charge on any atom is -0.496 e. The van der Waals surface area contributed by atoms with Crippen LogP contribution in [0.25, 0.3) is 0 Å². The van der Waals surface area contributed by atoms with Gasteiger partial charge in [0, 0.05) is 24.0 Å². The molecule has 0 aliphatic heterocycles. The Hall–Kier alpha value is -1.59. The Bertz CT molecular complexity index is 521. The number of methoxy groups -OCH3 is 2. The highest BCUT2D eigenvalue weighted by molar-refractivity contribution is 7.09. The topological polar surface area (TPSA) is 43.4 Å². The van der Waals surface area contributed by atoms with Gasteiger partial charge in [-0.05, 0) is 25.1 Å². The molecule has 1 aromatic heterocycles. The average molecular weight is 306 g/mol. The molecule has 1 heterocycles. The number of aromatic nitrogens is 1. The van der Waals surface area contributed by atoms with Crippen molar-refractivity contribution in [3.63, 3.8) is 0 Å². The molecule has 0 saturated carbocycles. The quantitative estimate of drug-likeness (QED) is 0.811. The number of rotatable bonds is 8. The summed E-state index contributed by atoms with van der Waals surface area (Å²) < 4.78 is 11.1. The molecule has 0 spiro atoms. The molecule has 0 saturated heterocycles. The van der Waals surface area contributed by atoms with Gasteiger partial charge < -0.3 is 14.8 Å². The molecule has 4 nitrogen and oxygen atoms in total. The van der Waals surface area contributed by atoms with E-state index in [9.17, 15) is 0 Å². The number of benzene rings is 1. The van der Waals surface area contributed by atoms with Crippen molar-refractivity contribution >= 4 is 11.3 Å². The Balaban J connectivity index is 2.34. The van der Waals surface area contributed by atoms with Crippen molar-refractivity contribution in [2.24, 2.45) is 0 Å². The van der Waals surface area contributed by atoms with Crippen LogP contribution in [0.5, 0.6) is 11.5 Å². The van der Waals surface area contributed by atoms with Gasteiger partial charge >= 0.3 is 0 Å². The summed E-state index contributed by atoms with van der Waals surface area (Å²) in [4.78, 5) is 4.40. The molecule has 0 amide bonds. The molecule has 0 aliphatic rings. The molecule has 1 unspecified atom stereocenters. The Morgan fingerprint density at radius 3 is 2.48 bits per heavy atom. The molecule has 2 rings (SSSR count). The van der Waals surface area contributed by atoms with Gasteiger partial charge in [-0.15, -0.1) is 11.3 Å². The van der Waals surface area contributed by atoms with Crippen molar-refractivity contribution < 1.29 is 9.47 Å². The summed E-state index contributed by atoms with van der Waals surface area (Å²) in [5, 5.41) is 6.69. The fourth-order valence-corrected chi connectivity index (χ4v) is 3.01. The Morgan fingerprint density at radius 2 is 1.95 bits per heavy atom. The highest BCUT2D eigenvalue weighted by atomic mass is 32.1. The summed E-state index contributed by atoms with van der Waals surface area (Å²) in [6, 6.07) is 6.02. The Kier molecular flexibility index (Phi) is 6.02. The average Bonchev–Trinajstić information content (AvgIpc) is 3.03. The first-order valence-corrected chi connectivity index (χ1v) is 8.00. The molecule has 0 aliphatic carbocycles. The molecule has 0 radical (unpaired) electrons. The van der Waals surface area contributed by atoms with Gasteiger partial charge in [-0.25, -0.2) is 4.98 Å². The summed E-state index contributed by atoms with van der Waals surface area (Å²) in [6.45, 7) is 3.10. The predicted molar refractivity (Wildman–Crippen MR) is 86.4 cm³/mol. The smallest absolute Gasteiger partial charge is 0.127 e. The lowest BCUT2D eigenvalue weighted by molar-refractivity contribution is 0.369. The lowest BCUT2D eigenvalue weighted by Crippen LogP contribution is -2.25. The summed E-state index contributed by atoms with van der Waals surface area (Å²) >= 11 is 1.67. The van der Waals surface area contributed by atoms with E-state index in [4.69, 9.17) is 9.47 Å². The summed E-state index contributed by atoms with van der Waals surface area (Å²) in [6.07, 6.45) is 3.75. The molecular weight excluding hydrogens is 284 g/mol. The molecule has 114 valence electrons. The van der Waals surface area contributed by atoms with Crippen LogP contribution in [-0.4, -0.2) is 25.7 Å². The lowest BCUT2D eigenvalue weighted by Gasteiger charge is -2.22. The third kappa shape index (κ3) is 3.95. The second kappa shape index (κ2) is 8.00. The van der Waals surface area contributed by atoms with Crippen molar-refractivity contribution in [1.82, 2.24) is 10.3 Å². The molecule has 1 aromatic carbocycles. The fourth-order valence-electron chi connectivity index (χ4n) is 2.35. The van der Waals surface area contributed by atoms with E-state index < -0.39 is 0 Å². The number of nitrogens with one attached hydrogen (secondary N) is 1. The van der Waals surface area contributed by atoms with Crippen molar-refractivity contribution in [2.75, 3.05) is 20.8 Å². The zero-order chi connectivity index (χ0) is 15.1. The van der Waals surface area contributed by atoms with Gasteiger partial charge in [-0.1, -0.05) is 13.0 Å². The van der Waals surface area contributed by atoms with Gasteiger partial charge in [0.2, 0.25) is 0 Å². The highest BCUT2D eigenvalue weighted by Gasteiger charge is 2.21. The maximum absolute atomic E-state index is 5.53. The Morgan fingerprint density at radius 1 is 1.24 bits per heavy atom. The number of hydrogen-bond donors (Lipinski definition) is 1. The number of nitrogens with zero attached hydrogens (tertiary/aromatic N) is 1. The van der Waals surface area contributed by atoms with Crippen LogP contribution in [0.2, 0.25) is 0 Å². The van der Waals surface area contributed by atoms with Gasteiger partial charge in [0.25, 0.3) is 0 Å². The molecule has 0 bridgehead atoms. The van der Waals surface area contributed by atoms with E-state index in [-0.39, 0.29) is 6.04 Å². The molecule has 1 N–H and O–H groups in total. The van der Waals surface area contributed by atoms with Gasteiger partial charge in [-0.3, -0.25) is 0 Å². The van der Waals surface area contributed by atoms with Crippen LogP contribution in [0.1, 0.15) is 30.0 Å². The zero-order valence-electron chi connectivity index (χ0n) is 12.8. The van der Waals surface area contributed by atoms with E-state index >= 15 is 0 Å². The van der Waals surface area contributed by atoms with Gasteiger partial charge in [0.1, 0.15) is 11.5 Å². The minimum atomic E-state index is 0.127. The van der Waals surface area contributed by atoms with Crippen LogP contribution in [-0.2, 0) is 6.42 Å². The number of ether oxygens (including phenoxy) is 2.